The lowest BCUT2D eigenvalue weighted by molar-refractivity contribution is 0.106. The van der Waals surface area contributed by atoms with E-state index in [4.69, 9.17) is 4.74 Å². The summed E-state index contributed by atoms with van der Waals surface area (Å²) >= 11 is 0. The SMILES string of the molecule is Cc1cc(C)c(CCc2c(-c3ccccc3)c3cc(C)c(C)cc3c(=O)n2C)c(COCc2cc(C)cc(C)c2CCc2c(-c3ccccc3)c3cc(C)c(C)cc3c(=O)n2C)c1. The summed E-state index contributed by atoms with van der Waals surface area (Å²) in [7, 11) is 3.85. The number of rotatable bonds is 12. The van der Waals surface area contributed by atoms with Gasteiger partial charge >= 0.3 is 0 Å². The van der Waals surface area contributed by atoms with Crippen LogP contribution in [0, 0.1) is 55.4 Å². The third-order valence-electron chi connectivity index (χ3n) is 13.5. The second kappa shape index (κ2) is 17.8. The van der Waals surface area contributed by atoms with Crippen molar-refractivity contribution in [3.63, 3.8) is 0 Å². The van der Waals surface area contributed by atoms with Crippen molar-refractivity contribution < 1.29 is 4.74 Å². The molecule has 0 saturated heterocycles. The van der Waals surface area contributed by atoms with Gasteiger partial charge in [-0.2, -0.15) is 0 Å². The Hall–Kier alpha value is -6.30. The molecule has 0 bridgehead atoms. The molecule has 0 radical (unpaired) electrons. The summed E-state index contributed by atoms with van der Waals surface area (Å²) in [6.45, 7) is 18.1. The summed E-state index contributed by atoms with van der Waals surface area (Å²) in [5, 5.41) is 3.55. The summed E-state index contributed by atoms with van der Waals surface area (Å²) in [6, 6.07) is 38.6. The van der Waals surface area contributed by atoms with E-state index in [9.17, 15) is 9.59 Å². The molecule has 0 spiro atoms. The van der Waals surface area contributed by atoms with Gasteiger partial charge in [0.15, 0.2) is 0 Å². The molecule has 5 heteroatoms. The summed E-state index contributed by atoms with van der Waals surface area (Å²) in [4.78, 5) is 28.0. The van der Waals surface area contributed by atoms with Gasteiger partial charge in [-0.25, -0.2) is 0 Å². The summed E-state index contributed by atoms with van der Waals surface area (Å²) in [6.07, 6.45) is 2.96. The van der Waals surface area contributed by atoms with Gasteiger partial charge in [0.05, 0.1) is 13.2 Å². The molecule has 0 N–H and O–H groups in total. The maximum atomic E-state index is 14.0. The van der Waals surface area contributed by atoms with E-state index in [1.54, 1.807) is 0 Å². The molecule has 0 aliphatic heterocycles. The van der Waals surface area contributed by atoms with E-state index in [0.29, 0.717) is 26.1 Å². The molecule has 2 aromatic heterocycles. The standard InChI is InChI=1S/C58H60N2O3/c1-35-25-41(7)47(21-23-53-55(43-17-13-11-14-18-43)49-29-37(3)39(5)31-51(49)57(61)59(53)9)45(27-35)33-63-34-46-28-36(2)26-42(8)48(46)22-24-54-56(44-19-15-12-16-20-44)50-30-38(4)40(6)32-52(50)58(62)60(54)10/h11-20,25-32H,21-24,33-34H2,1-10H3. The van der Waals surface area contributed by atoms with Crippen LogP contribution in [0.4, 0.5) is 0 Å². The second-order valence-corrected chi connectivity index (χ2v) is 18.0. The largest absolute Gasteiger partial charge is 0.372 e. The van der Waals surface area contributed by atoms with Crippen LogP contribution in [0.15, 0.2) is 119 Å². The first-order chi connectivity index (χ1) is 30.2. The van der Waals surface area contributed by atoms with Gasteiger partial charge in [0.25, 0.3) is 11.1 Å². The van der Waals surface area contributed by atoms with Crippen molar-refractivity contribution in [3.8, 4) is 22.3 Å². The van der Waals surface area contributed by atoms with Gasteiger partial charge in [0.2, 0.25) is 0 Å². The zero-order valence-corrected chi connectivity index (χ0v) is 38.8. The molecule has 2 heterocycles. The molecule has 0 atom stereocenters. The minimum absolute atomic E-state index is 0.0422. The lowest BCUT2D eigenvalue weighted by Crippen LogP contribution is -2.23. The maximum Gasteiger partial charge on any atom is 0.258 e. The summed E-state index contributed by atoms with van der Waals surface area (Å²) in [5.41, 5.74) is 21.1. The highest BCUT2D eigenvalue weighted by molar-refractivity contribution is 5.99. The first kappa shape index (κ1) is 43.4. The van der Waals surface area contributed by atoms with Crippen molar-refractivity contribution in [2.24, 2.45) is 14.1 Å². The third-order valence-corrected chi connectivity index (χ3v) is 13.5. The highest BCUT2D eigenvalue weighted by atomic mass is 16.5. The fourth-order valence-corrected chi connectivity index (χ4v) is 9.99. The fourth-order valence-electron chi connectivity index (χ4n) is 9.99. The molecular formula is C58H60N2O3. The lowest BCUT2D eigenvalue weighted by Gasteiger charge is -2.21. The number of fused-ring (bicyclic) bond motifs is 2. The number of benzene rings is 6. The van der Waals surface area contributed by atoms with Crippen molar-refractivity contribution in [2.75, 3.05) is 0 Å². The van der Waals surface area contributed by atoms with Crippen molar-refractivity contribution in [1.82, 2.24) is 9.13 Å². The zero-order chi connectivity index (χ0) is 44.7. The van der Waals surface area contributed by atoms with E-state index in [1.807, 2.05) is 35.4 Å². The number of hydrogen-bond acceptors (Lipinski definition) is 3. The Morgan fingerprint density at radius 1 is 0.413 bits per heavy atom. The summed E-state index contributed by atoms with van der Waals surface area (Å²) in [5.74, 6) is 0. The van der Waals surface area contributed by atoms with Crippen LogP contribution in [0.1, 0.15) is 78.1 Å². The Morgan fingerprint density at radius 3 is 1.13 bits per heavy atom. The van der Waals surface area contributed by atoms with Crippen LogP contribution in [0.3, 0.4) is 0 Å². The van der Waals surface area contributed by atoms with Crippen LogP contribution in [-0.4, -0.2) is 9.13 Å². The average Bonchev–Trinajstić information content (AvgIpc) is 3.25. The fraction of sp³-hybridized carbons (Fsp3) is 0.276. The van der Waals surface area contributed by atoms with Crippen LogP contribution in [0.25, 0.3) is 43.8 Å². The van der Waals surface area contributed by atoms with E-state index >= 15 is 0 Å². The van der Waals surface area contributed by atoms with Crippen molar-refractivity contribution in [3.05, 3.63) is 208 Å². The first-order valence-electron chi connectivity index (χ1n) is 22.3. The van der Waals surface area contributed by atoms with Crippen LogP contribution in [0.2, 0.25) is 0 Å². The Morgan fingerprint density at radius 2 is 0.762 bits per heavy atom. The zero-order valence-electron chi connectivity index (χ0n) is 38.8. The molecule has 0 fully saturated rings. The van der Waals surface area contributed by atoms with E-state index in [2.05, 4.69) is 152 Å². The van der Waals surface area contributed by atoms with Gasteiger partial charge in [-0.15, -0.1) is 0 Å². The van der Waals surface area contributed by atoms with Crippen LogP contribution < -0.4 is 11.1 Å². The van der Waals surface area contributed by atoms with Gasteiger partial charge < -0.3 is 13.9 Å². The molecule has 63 heavy (non-hydrogen) atoms. The monoisotopic (exact) mass is 832 g/mol. The van der Waals surface area contributed by atoms with Gasteiger partial charge in [-0.3, -0.25) is 9.59 Å². The minimum atomic E-state index is 0.0422. The first-order valence-corrected chi connectivity index (χ1v) is 22.3. The number of hydrogen-bond donors (Lipinski definition) is 0. The number of nitrogens with zero attached hydrogens (tertiary/aromatic N) is 2. The number of ether oxygens (including phenoxy) is 1. The van der Waals surface area contributed by atoms with E-state index in [1.165, 1.54) is 55.6 Å². The van der Waals surface area contributed by atoms with Crippen molar-refractivity contribution >= 4 is 21.5 Å². The summed E-state index contributed by atoms with van der Waals surface area (Å²) < 4.78 is 10.5. The Labute approximate surface area is 372 Å². The number of pyridine rings is 2. The number of aromatic nitrogens is 2. The molecule has 320 valence electrons. The highest BCUT2D eigenvalue weighted by Crippen LogP contribution is 2.35. The van der Waals surface area contributed by atoms with Crippen LogP contribution in [-0.2, 0) is 57.7 Å². The van der Waals surface area contributed by atoms with Gasteiger partial charge in [0, 0.05) is 47.4 Å². The molecule has 6 aromatic carbocycles. The predicted molar refractivity (Wildman–Crippen MR) is 263 cm³/mol. The van der Waals surface area contributed by atoms with E-state index < -0.39 is 0 Å². The quantitative estimate of drug-likeness (QED) is 0.123. The molecular weight excluding hydrogens is 773 g/mol. The van der Waals surface area contributed by atoms with Gasteiger partial charge in [-0.1, -0.05) is 108 Å². The highest BCUT2D eigenvalue weighted by Gasteiger charge is 2.21. The van der Waals surface area contributed by atoms with E-state index in [0.717, 1.165) is 79.2 Å². The van der Waals surface area contributed by atoms with Crippen molar-refractivity contribution in [1.29, 1.82) is 0 Å². The smallest absolute Gasteiger partial charge is 0.258 e. The maximum absolute atomic E-state index is 14.0. The molecule has 0 aliphatic carbocycles. The third kappa shape index (κ3) is 8.47. The molecule has 0 amide bonds. The van der Waals surface area contributed by atoms with Gasteiger partial charge in [0.1, 0.15) is 0 Å². The molecule has 0 unspecified atom stereocenters. The average molecular weight is 833 g/mol. The molecule has 8 aromatic rings. The minimum Gasteiger partial charge on any atom is -0.372 e. The predicted octanol–water partition coefficient (Wildman–Crippen LogP) is 12.5. The Balaban J connectivity index is 1.09. The Kier molecular flexibility index (Phi) is 12.3. The number of aryl methyl sites for hydroxylation is 8. The Bertz CT molecular complexity index is 2960. The van der Waals surface area contributed by atoms with Crippen LogP contribution >= 0.6 is 0 Å². The van der Waals surface area contributed by atoms with E-state index in [-0.39, 0.29) is 11.1 Å². The molecule has 0 saturated carbocycles. The van der Waals surface area contributed by atoms with Crippen LogP contribution in [0.5, 0.6) is 0 Å². The topological polar surface area (TPSA) is 53.2 Å². The van der Waals surface area contributed by atoms with Crippen molar-refractivity contribution in [2.45, 2.75) is 94.3 Å². The molecule has 0 aliphatic rings. The van der Waals surface area contributed by atoms with Gasteiger partial charge in [-0.05, 0) is 171 Å². The normalized spacial score (nSPS) is 11.6. The molecule has 8 rings (SSSR count). The lowest BCUT2D eigenvalue weighted by atomic mass is 9.90. The second-order valence-electron chi connectivity index (χ2n) is 18.0. The molecule has 5 nitrogen and oxygen atoms in total.